The van der Waals surface area contributed by atoms with Crippen LogP contribution in [0.15, 0.2) is 12.1 Å². The van der Waals surface area contributed by atoms with Crippen LogP contribution in [0.25, 0.3) is 0 Å². The Morgan fingerprint density at radius 1 is 1.17 bits per heavy atom. The molecular weight excluding hydrogens is 242 g/mol. The normalized spacial score (nSPS) is 18.2. The van der Waals surface area contributed by atoms with E-state index in [4.69, 9.17) is 17.3 Å². The summed E-state index contributed by atoms with van der Waals surface area (Å²) in [4.78, 5) is 0. The fraction of sp³-hybridized carbons (Fsp3) is 0.625. The van der Waals surface area contributed by atoms with Crippen LogP contribution in [0.2, 0.25) is 5.02 Å². The van der Waals surface area contributed by atoms with E-state index in [1.165, 1.54) is 42.4 Å². The van der Waals surface area contributed by atoms with E-state index in [-0.39, 0.29) is 0 Å². The van der Waals surface area contributed by atoms with E-state index in [1.54, 1.807) is 0 Å². The first-order chi connectivity index (χ1) is 8.63. The Morgan fingerprint density at radius 2 is 1.78 bits per heavy atom. The molecule has 0 spiro atoms. The van der Waals surface area contributed by atoms with Crippen molar-refractivity contribution in [1.29, 1.82) is 0 Å². The molecule has 1 nitrogen and oxygen atoms in total. The second-order valence-corrected chi connectivity index (χ2v) is 6.10. The first kappa shape index (κ1) is 13.9. The minimum Gasteiger partial charge on any atom is -0.330 e. The van der Waals surface area contributed by atoms with Gasteiger partial charge in [0.05, 0.1) is 0 Å². The molecule has 1 aromatic carbocycles. The molecule has 0 fully saturated rings. The fourth-order valence-electron chi connectivity index (χ4n) is 2.94. The van der Waals surface area contributed by atoms with Crippen LogP contribution in [-0.2, 0) is 12.8 Å². The van der Waals surface area contributed by atoms with Crippen LogP contribution in [0.1, 0.15) is 55.7 Å². The van der Waals surface area contributed by atoms with Crippen molar-refractivity contribution in [3.05, 3.63) is 33.8 Å². The Balaban J connectivity index is 2.27. The third kappa shape index (κ3) is 2.89. The third-order valence-corrected chi connectivity index (χ3v) is 4.75. The van der Waals surface area contributed by atoms with Crippen molar-refractivity contribution < 1.29 is 0 Å². The van der Waals surface area contributed by atoms with E-state index in [1.807, 2.05) is 0 Å². The lowest BCUT2D eigenvalue weighted by Gasteiger charge is -2.24. The van der Waals surface area contributed by atoms with Crippen LogP contribution in [0, 0.1) is 5.92 Å². The summed E-state index contributed by atoms with van der Waals surface area (Å²) in [5.41, 5.74) is 9.97. The molecule has 0 bridgehead atoms. The largest absolute Gasteiger partial charge is 0.330 e. The average Bonchev–Trinajstić information content (AvgIpc) is 2.37. The lowest BCUT2D eigenvalue weighted by molar-refractivity contribution is 0.459. The smallest absolute Gasteiger partial charge is 0.0443 e. The Morgan fingerprint density at radius 3 is 2.39 bits per heavy atom. The molecule has 0 saturated carbocycles. The number of benzene rings is 1. The molecule has 2 unspecified atom stereocenters. The van der Waals surface area contributed by atoms with Crippen molar-refractivity contribution in [2.45, 2.75) is 51.9 Å². The van der Waals surface area contributed by atoms with Crippen LogP contribution in [0.5, 0.6) is 0 Å². The summed E-state index contributed by atoms with van der Waals surface area (Å²) in [5.74, 6) is 1.09. The number of fused-ring (bicyclic) bond motifs is 1. The molecule has 0 saturated heterocycles. The number of hydrogen-bond donors (Lipinski definition) is 1. The van der Waals surface area contributed by atoms with Crippen LogP contribution in [0.3, 0.4) is 0 Å². The lowest BCUT2D eigenvalue weighted by Crippen LogP contribution is -2.13. The summed E-state index contributed by atoms with van der Waals surface area (Å²) < 4.78 is 0. The Hall–Kier alpha value is -0.530. The molecule has 1 aliphatic rings. The molecule has 2 N–H and O–H groups in total. The third-order valence-electron chi connectivity index (χ3n) is 4.43. The molecular formula is C16H24ClN. The highest BCUT2D eigenvalue weighted by Crippen LogP contribution is 2.35. The van der Waals surface area contributed by atoms with Gasteiger partial charge in [0.25, 0.3) is 0 Å². The summed E-state index contributed by atoms with van der Waals surface area (Å²) in [5, 5.41) is 0.951. The predicted molar refractivity (Wildman–Crippen MR) is 79.3 cm³/mol. The second kappa shape index (κ2) is 6.08. The summed E-state index contributed by atoms with van der Waals surface area (Å²) in [6, 6.07) is 4.56. The molecule has 0 amide bonds. The molecule has 2 rings (SSSR count). The van der Waals surface area contributed by atoms with Gasteiger partial charge in [-0.05, 0) is 73.2 Å². The molecule has 18 heavy (non-hydrogen) atoms. The van der Waals surface area contributed by atoms with E-state index < -0.39 is 0 Å². The summed E-state index contributed by atoms with van der Waals surface area (Å²) >= 11 is 6.47. The van der Waals surface area contributed by atoms with Crippen LogP contribution < -0.4 is 5.73 Å². The number of aryl methyl sites for hydroxylation is 2. The molecule has 0 heterocycles. The van der Waals surface area contributed by atoms with Crippen molar-refractivity contribution in [3.63, 3.8) is 0 Å². The van der Waals surface area contributed by atoms with E-state index in [0.29, 0.717) is 11.8 Å². The van der Waals surface area contributed by atoms with Gasteiger partial charge in [-0.3, -0.25) is 0 Å². The van der Waals surface area contributed by atoms with Crippen molar-refractivity contribution in [2.75, 3.05) is 6.54 Å². The SMILES string of the molecule is CC(CCN)C(C)c1cc2c(cc1Cl)CCCC2. The number of nitrogens with two attached hydrogens (primary N) is 1. The molecule has 0 aromatic heterocycles. The van der Waals surface area contributed by atoms with Gasteiger partial charge in [-0.25, -0.2) is 0 Å². The summed E-state index contributed by atoms with van der Waals surface area (Å²) in [7, 11) is 0. The van der Waals surface area contributed by atoms with Gasteiger partial charge in [-0.1, -0.05) is 31.5 Å². The van der Waals surface area contributed by atoms with E-state index in [9.17, 15) is 0 Å². The highest BCUT2D eigenvalue weighted by Gasteiger charge is 2.19. The van der Waals surface area contributed by atoms with Gasteiger partial charge < -0.3 is 5.73 Å². The molecule has 2 heteroatoms. The van der Waals surface area contributed by atoms with Gasteiger partial charge >= 0.3 is 0 Å². The zero-order chi connectivity index (χ0) is 13.1. The van der Waals surface area contributed by atoms with Gasteiger partial charge in [0, 0.05) is 5.02 Å². The number of halogens is 1. The highest BCUT2D eigenvalue weighted by molar-refractivity contribution is 6.31. The molecule has 1 aromatic rings. The Labute approximate surface area is 116 Å². The molecule has 100 valence electrons. The first-order valence-electron chi connectivity index (χ1n) is 7.14. The molecule has 0 radical (unpaired) electrons. The number of rotatable bonds is 4. The van der Waals surface area contributed by atoms with Crippen molar-refractivity contribution in [2.24, 2.45) is 11.7 Å². The Bertz CT molecular complexity index is 414. The second-order valence-electron chi connectivity index (χ2n) is 5.69. The standard InChI is InChI=1S/C16H24ClN/c1-11(7-8-18)12(2)15-9-13-5-3-4-6-14(13)10-16(15)17/h9-12H,3-8,18H2,1-2H3. The van der Waals surface area contributed by atoms with Gasteiger partial charge in [0.1, 0.15) is 0 Å². The Kier molecular flexibility index (Phi) is 4.69. The maximum Gasteiger partial charge on any atom is 0.0443 e. The fourth-order valence-corrected chi connectivity index (χ4v) is 3.30. The minimum atomic E-state index is 0.494. The maximum atomic E-state index is 6.47. The first-order valence-corrected chi connectivity index (χ1v) is 7.52. The summed E-state index contributed by atoms with van der Waals surface area (Å²) in [6.45, 7) is 5.30. The topological polar surface area (TPSA) is 26.0 Å². The molecule has 0 aliphatic heterocycles. The zero-order valence-corrected chi connectivity index (χ0v) is 12.3. The lowest BCUT2D eigenvalue weighted by atomic mass is 9.83. The monoisotopic (exact) mass is 265 g/mol. The van der Waals surface area contributed by atoms with E-state index >= 15 is 0 Å². The summed E-state index contributed by atoms with van der Waals surface area (Å²) in [6.07, 6.45) is 6.11. The van der Waals surface area contributed by atoms with Gasteiger partial charge in [0.15, 0.2) is 0 Å². The van der Waals surface area contributed by atoms with Crippen LogP contribution >= 0.6 is 11.6 Å². The van der Waals surface area contributed by atoms with Crippen molar-refractivity contribution in [1.82, 2.24) is 0 Å². The maximum absolute atomic E-state index is 6.47. The van der Waals surface area contributed by atoms with Crippen LogP contribution in [0.4, 0.5) is 0 Å². The van der Waals surface area contributed by atoms with Gasteiger partial charge in [0.2, 0.25) is 0 Å². The van der Waals surface area contributed by atoms with Crippen molar-refractivity contribution in [3.8, 4) is 0 Å². The predicted octanol–water partition coefficient (Wildman–Crippen LogP) is 4.31. The average molecular weight is 266 g/mol. The van der Waals surface area contributed by atoms with Crippen molar-refractivity contribution >= 4 is 11.6 Å². The molecule has 1 aliphatic carbocycles. The number of hydrogen-bond acceptors (Lipinski definition) is 1. The highest BCUT2D eigenvalue weighted by atomic mass is 35.5. The van der Waals surface area contributed by atoms with Gasteiger partial charge in [-0.2, -0.15) is 0 Å². The quantitative estimate of drug-likeness (QED) is 0.863. The van der Waals surface area contributed by atoms with E-state index in [0.717, 1.165) is 18.0 Å². The van der Waals surface area contributed by atoms with Crippen LogP contribution in [-0.4, -0.2) is 6.54 Å². The van der Waals surface area contributed by atoms with E-state index in [2.05, 4.69) is 26.0 Å². The minimum absolute atomic E-state index is 0.494. The molecule has 2 atom stereocenters. The van der Waals surface area contributed by atoms with Gasteiger partial charge in [-0.15, -0.1) is 0 Å². The zero-order valence-electron chi connectivity index (χ0n) is 11.5.